The van der Waals surface area contributed by atoms with Gasteiger partial charge in [-0.25, -0.2) is 4.98 Å². The van der Waals surface area contributed by atoms with Gasteiger partial charge in [-0.1, -0.05) is 41.7 Å². The SMILES string of the molecule is Cc1ncn(CCNc2nnc(-c3ccccc3)s2)c1C. The van der Waals surface area contributed by atoms with Crippen LogP contribution in [0.25, 0.3) is 10.6 Å². The molecule has 0 fully saturated rings. The summed E-state index contributed by atoms with van der Waals surface area (Å²) in [7, 11) is 0. The van der Waals surface area contributed by atoms with E-state index in [-0.39, 0.29) is 0 Å². The van der Waals surface area contributed by atoms with Gasteiger partial charge < -0.3 is 9.88 Å². The molecule has 0 aliphatic rings. The first kappa shape index (κ1) is 13.8. The fourth-order valence-electron chi connectivity index (χ4n) is 2.04. The van der Waals surface area contributed by atoms with E-state index >= 15 is 0 Å². The smallest absolute Gasteiger partial charge is 0.206 e. The average Bonchev–Trinajstić information content (AvgIpc) is 3.10. The van der Waals surface area contributed by atoms with Crippen molar-refractivity contribution in [3.8, 4) is 10.6 Å². The molecule has 0 aliphatic heterocycles. The van der Waals surface area contributed by atoms with E-state index in [2.05, 4.69) is 32.0 Å². The number of nitrogens with zero attached hydrogens (tertiary/aromatic N) is 4. The highest BCUT2D eigenvalue weighted by Crippen LogP contribution is 2.25. The molecule has 21 heavy (non-hydrogen) atoms. The molecule has 0 atom stereocenters. The van der Waals surface area contributed by atoms with Crippen molar-refractivity contribution in [3.05, 3.63) is 48.0 Å². The van der Waals surface area contributed by atoms with Gasteiger partial charge in [-0.05, 0) is 13.8 Å². The molecule has 2 aromatic heterocycles. The van der Waals surface area contributed by atoms with Gasteiger partial charge >= 0.3 is 0 Å². The Labute approximate surface area is 127 Å². The van der Waals surface area contributed by atoms with Crippen LogP contribution in [0.3, 0.4) is 0 Å². The van der Waals surface area contributed by atoms with Crippen molar-refractivity contribution < 1.29 is 0 Å². The largest absolute Gasteiger partial charge is 0.358 e. The Balaban J connectivity index is 1.59. The van der Waals surface area contributed by atoms with Crippen molar-refractivity contribution in [2.75, 3.05) is 11.9 Å². The molecule has 0 spiro atoms. The van der Waals surface area contributed by atoms with Crippen LogP contribution in [0, 0.1) is 13.8 Å². The molecule has 0 unspecified atom stereocenters. The van der Waals surface area contributed by atoms with Gasteiger partial charge in [0.25, 0.3) is 0 Å². The van der Waals surface area contributed by atoms with Gasteiger partial charge in [-0.3, -0.25) is 0 Å². The Kier molecular flexibility index (Phi) is 3.96. The van der Waals surface area contributed by atoms with Crippen molar-refractivity contribution in [1.82, 2.24) is 19.7 Å². The monoisotopic (exact) mass is 299 g/mol. The first-order valence-electron chi connectivity index (χ1n) is 6.85. The summed E-state index contributed by atoms with van der Waals surface area (Å²) in [6, 6.07) is 10.1. The lowest BCUT2D eigenvalue weighted by molar-refractivity contribution is 0.704. The van der Waals surface area contributed by atoms with Crippen molar-refractivity contribution in [3.63, 3.8) is 0 Å². The quantitative estimate of drug-likeness (QED) is 0.786. The molecule has 2 heterocycles. The molecule has 5 nitrogen and oxygen atoms in total. The Bertz CT molecular complexity index is 717. The lowest BCUT2D eigenvalue weighted by Gasteiger charge is -2.05. The Morgan fingerprint density at radius 1 is 1.14 bits per heavy atom. The average molecular weight is 299 g/mol. The van der Waals surface area contributed by atoms with Gasteiger partial charge in [0.15, 0.2) is 0 Å². The molecule has 6 heteroatoms. The van der Waals surface area contributed by atoms with Crippen LogP contribution >= 0.6 is 11.3 Å². The van der Waals surface area contributed by atoms with Crippen LogP contribution < -0.4 is 5.32 Å². The number of nitrogens with one attached hydrogen (secondary N) is 1. The molecule has 108 valence electrons. The minimum Gasteiger partial charge on any atom is -0.358 e. The summed E-state index contributed by atoms with van der Waals surface area (Å²) in [5.41, 5.74) is 3.39. The van der Waals surface area contributed by atoms with Crippen molar-refractivity contribution in [2.24, 2.45) is 0 Å². The Hall–Kier alpha value is -2.21. The third kappa shape index (κ3) is 3.11. The molecule has 1 aromatic carbocycles. The molecule has 0 saturated carbocycles. The lowest BCUT2D eigenvalue weighted by atomic mass is 10.2. The maximum absolute atomic E-state index is 4.30. The van der Waals surface area contributed by atoms with Crippen molar-refractivity contribution in [1.29, 1.82) is 0 Å². The summed E-state index contributed by atoms with van der Waals surface area (Å²) in [4.78, 5) is 4.30. The van der Waals surface area contributed by atoms with Crippen LogP contribution in [-0.4, -0.2) is 26.3 Å². The van der Waals surface area contributed by atoms with Crippen LogP contribution in [-0.2, 0) is 6.54 Å². The Morgan fingerprint density at radius 2 is 1.95 bits per heavy atom. The zero-order valence-corrected chi connectivity index (χ0v) is 12.9. The molecular formula is C15H17N5S. The topological polar surface area (TPSA) is 55.6 Å². The zero-order valence-electron chi connectivity index (χ0n) is 12.1. The number of hydrogen-bond acceptors (Lipinski definition) is 5. The number of imidazole rings is 1. The third-order valence-corrected chi connectivity index (χ3v) is 4.35. The fraction of sp³-hybridized carbons (Fsp3) is 0.267. The summed E-state index contributed by atoms with van der Waals surface area (Å²) >= 11 is 1.57. The van der Waals surface area contributed by atoms with Crippen LogP contribution in [0.15, 0.2) is 36.7 Å². The molecule has 3 rings (SSSR count). The predicted molar refractivity (Wildman–Crippen MR) is 85.5 cm³/mol. The summed E-state index contributed by atoms with van der Waals surface area (Å²) < 4.78 is 2.14. The summed E-state index contributed by atoms with van der Waals surface area (Å²) in [5.74, 6) is 0. The standard InChI is InChI=1S/C15H17N5S/c1-11-12(2)20(10-17-11)9-8-16-15-19-18-14(21-15)13-6-4-3-5-7-13/h3-7,10H,8-9H2,1-2H3,(H,16,19). The van der Waals surface area contributed by atoms with E-state index in [1.807, 2.05) is 43.6 Å². The van der Waals surface area contributed by atoms with Crippen molar-refractivity contribution in [2.45, 2.75) is 20.4 Å². The van der Waals surface area contributed by atoms with E-state index in [1.165, 1.54) is 5.69 Å². The van der Waals surface area contributed by atoms with Crippen LogP contribution in [0.4, 0.5) is 5.13 Å². The number of anilines is 1. The number of aryl methyl sites for hydroxylation is 1. The van der Waals surface area contributed by atoms with Gasteiger partial charge in [0, 0.05) is 24.3 Å². The molecule has 0 aliphatic carbocycles. The van der Waals surface area contributed by atoms with Gasteiger partial charge in [0.2, 0.25) is 5.13 Å². The van der Waals surface area contributed by atoms with E-state index in [0.717, 1.165) is 34.5 Å². The molecule has 1 N–H and O–H groups in total. The second-order valence-electron chi connectivity index (χ2n) is 4.81. The number of benzene rings is 1. The van der Waals surface area contributed by atoms with E-state index in [9.17, 15) is 0 Å². The van der Waals surface area contributed by atoms with E-state index in [1.54, 1.807) is 11.3 Å². The Morgan fingerprint density at radius 3 is 2.67 bits per heavy atom. The maximum Gasteiger partial charge on any atom is 0.206 e. The van der Waals surface area contributed by atoms with E-state index in [0.29, 0.717) is 0 Å². The van der Waals surface area contributed by atoms with Gasteiger partial charge in [0.05, 0.1) is 12.0 Å². The molecule has 3 aromatic rings. The summed E-state index contributed by atoms with van der Waals surface area (Å²) in [6.45, 7) is 5.78. The molecule has 0 saturated heterocycles. The van der Waals surface area contributed by atoms with Crippen molar-refractivity contribution >= 4 is 16.5 Å². The van der Waals surface area contributed by atoms with Crippen LogP contribution in [0.5, 0.6) is 0 Å². The minimum absolute atomic E-state index is 0.806. The molecule has 0 amide bonds. The summed E-state index contributed by atoms with van der Waals surface area (Å²) in [5, 5.41) is 13.5. The summed E-state index contributed by atoms with van der Waals surface area (Å²) in [6.07, 6.45) is 1.88. The lowest BCUT2D eigenvalue weighted by Crippen LogP contribution is -2.10. The number of rotatable bonds is 5. The van der Waals surface area contributed by atoms with Gasteiger partial charge in [-0.15, -0.1) is 10.2 Å². The highest BCUT2D eigenvalue weighted by Gasteiger charge is 2.06. The predicted octanol–water partition coefficient (Wildman–Crippen LogP) is 3.13. The van der Waals surface area contributed by atoms with Crippen LogP contribution in [0.2, 0.25) is 0 Å². The number of aromatic nitrogens is 4. The molecule has 0 radical (unpaired) electrons. The first-order chi connectivity index (χ1) is 10.2. The highest BCUT2D eigenvalue weighted by atomic mass is 32.1. The number of hydrogen-bond donors (Lipinski definition) is 1. The molecular weight excluding hydrogens is 282 g/mol. The van der Waals surface area contributed by atoms with Gasteiger partial charge in [0.1, 0.15) is 5.01 Å². The zero-order chi connectivity index (χ0) is 14.7. The second-order valence-corrected chi connectivity index (χ2v) is 5.79. The maximum atomic E-state index is 4.30. The van der Waals surface area contributed by atoms with Gasteiger partial charge in [-0.2, -0.15) is 0 Å². The molecule has 0 bridgehead atoms. The first-order valence-corrected chi connectivity index (χ1v) is 7.67. The fourth-order valence-corrected chi connectivity index (χ4v) is 2.82. The second kappa shape index (κ2) is 6.05. The van der Waals surface area contributed by atoms with E-state index < -0.39 is 0 Å². The minimum atomic E-state index is 0.806. The van der Waals surface area contributed by atoms with E-state index in [4.69, 9.17) is 0 Å². The van der Waals surface area contributed by atoms with Crippen LogP contribution in [0.1, 0.15) is 11.4 Å². The highest BCUT2D eigenvalue weighted by molar-refractivity contribution is 7.18. The third-order valence-electron chi connectivity index (χ3n) is 3.42. The normalized spacial score (nSPS) is 10.8.